The summed E-state index contributed by atoms with van der Waals surface area (Å²) in [7, 11) is 0. The maximum Gasteiger partial charge on any atom is 0.115 e. The molecule has 0 amide bonds. The molecule has 2 aromatic carbocycles. The third kappa shape index (κ3) is 13.3. The number of halogens is 1. The summed E-state index contributed by atoms with van der Waals surface area (Å²) in [6.45, 7) is 0. The molecular formula is C17H18ClO2Ti-. The minimum Gasteiger partial charge on any atom is -0.508 e. The Labute approximate surface area is 147 Å². The molecule has 21 heavy (non-hydrogen) atoms. The van der Waals surface area contributed by atoms with E-state index in [0.29, 0.717) is 11.5 Å². The summed E-state index contributed by atoms with van der Waals surface area (Å²) >= 11 is 0. The molecule has 2 aromatic rings. The van der Waals surface area contributed by atoms with Crippen LogP contribution in [0.5, 0.6) is 11.5 Å². The van der Waals surface area contributed by atoms with Gasteiger partial charge in [-0.3, -0.25) is 6.08 Å². The van der Waals surface area contributed by atoms with Crippen LogP contribution in [-0.2, 0) is 21.7 Å². The number of phenols is 2. The monoisotopic (exact) mass is 337 g/mol. The normalized spacial score (nSPS) is 9.90. The van der Waals surface area contributed by atoms with Crippen LogP contribution in [0.4, 0.5) is 0 Å². The Morgan fingerprint density at radius 2 is 1.19 bits per heavy atom. The molecule has 0 saturated heterocycles. The van der Waals surface area contributed by atoms with Crippen molar-refractivity contribution in [3.8, 4) is 11.5 Å². The first kappa shape index (κ1) is 21.8. The van der Waals surface area contributed by atoms with Gasteiger partial charge < -0.3 is 10.2 Å². The molecule has 0 unspecified atom stereocenters. The topological polar surface area (TPSA) is 40.5 Å². The Balaban J connectivity index is 0. The van der Waals surface area contributed by atoms with Gasteiger partial charge in [-0.1, -0.05) is 36.4 Å². The fraction of sp³-hybridized carbons (Fsp3) is 0.0588. The standard InChI is InChI=1S/2C6H6O.C5H5.ClH.Ti/c2*7-6-4-2-1-3-5-6;1-2-4-5-3-1;;/h2*1-5,7H;1-3H,4H2;1H;/q;;-1;;. The molecule has 0 saturated carbocycles. The zero-order chi connectivity index (χ0) is 13.8. The number of allylic oxidation sites excluding steroid dienone is 4. The van der Waals surface area contributed by atoms with Gasteiger partial charge in [0.15, 0.2) is 0 Å². The third-order valence-corrected chi connectivity index (χ3v) is 2.10. The Morgan fingerprint density at radius 3 is 1.33 bits per heavy atom. The van der Waals surface area contributed by atoms with E-state index < -0.39 is 0 Å². The summed E-state index contributed by atoms with van der Waals surface area (Å²) in [5, 5.41) is 17.3. The number of benzene rings is 2. The number of hydrogen-bond acceptors (Lipinski definition) is 2. The van der Waals surface area contributed by atoms with Crippen LogP contribution < -0.4 is 0 Å². The number of rotatable bonds is 0. The van der Waals surface area contributed by atoms with Crippen molar-refractivity contribution in [2.24, 2.45) is 0 Å². The summed E-state index contributed by atoms with van der Waals surface area (Å²) in [5.41, 5.74) is 0. The summed E-state index contributed by atoms with van der Waals surface area (Å²) < 4.78 is 0. The fourth-order valence-electron chi connectivity index (χ4n) is 1.20. The molecule has 0 atom stereocenters. The van der Waals surface area contributed by atoms with E-state index in [2.05, 4.69) is 12.2 Å². The number of phenolic OH excluding ortho intramolecular Hbond substituents is 2. The van der Waals surface area contributed by atoms with E-state index in [-0.39, 0.29) is 34.1 Å². The second-order valence-electron chi connectivity index (χ2n) is 3.67. The van der Waals surface area contributed by atoms with E-state index in [0.717, 1.165) is 6.42 Å². The molecule has 0 radical (unpaired) electrons. The molecule has 0 spiro atoms. The number of hydrogen-bond donors (Lipinski definition) is 2. The van der Waals surface area contributed by atoms with Crippen molar-refractivity contribution in [2.75, 3.05) is 0 Å². The van der Waals surface area contributed by atoms with Crippen LogP contribution in [0, 0.1) is 6.08 Å². The first-order valence-corrected chi connectivity index (χ1v) is 5.99. The summed E-state index contributed by atoms with van der Waals surface area (Å²) in [5.74, 6) is 0.644. The third-order valence-electron chi connectivity index (χ3n) is 2.10. The molecule has 0 aromatic heterocycles. The maximum absolute atomic E-state index is 8.63. The van der Waals surface area contributed by atoms with Gasteiger partial charge >= 0.3 is 0 Å². The van der Waals surface area contributed by atoms with Crippen LogP contribution in [0.2, 0.25) is 0 Å². The minimum atomic E-state index is 0. The Hall–Kier alpha value is -1.48. The summed E-state index contributed by atoms with van der Waals surface area (Å²) in [6, 6.07) is 17.4. The van der Waals surface area contributed by atoms with Crippen LogP contribution in [-0.4, -0.2) is 10.2 Å². The molecule has 1 aliphatic carbocycles. The van der Waals surface area contributed by atoms with Crippen molar-refractivity contribution in [2.45, 2.75) is 6.42 Å². The zero-order valence-corrected chi connectivity index (χ0v) is 13.9. The average molecular weight is 338 g/mol. The van der Waals surface area contributed by atoms with Gasteiger partial charge in [-0.05, 0) is 24.3 Å². The van der Waals surface area contributed by atoms with Crippen LogP contribution in [0.25, 0.3) is 0 Å². The van der Waals surface area contributed by atoms with Crippen molar-refractivity contribution in [1.29, 1.82) is 0 Å². The second-order valence-corrected chi connectivity index (χ2v) is 3.67. The molecule has 0 bridgehead atoms. The molecule has 4 heteroatoms. The van der Waals surface area contributed by atoms with Gasteiger partial charge in [0, 0.05) is 21.7 Å². The smallest absolute Gasteiger partial charge is 0.115 e. The minimum absolute atomic E-state index is 0. The van der Waals surface area contributed by atoms with E-state index in [1.54, 1.807) is 48.5 Å². The molecule has 0 fully saturated rings. The summed E-state index contributed by atoms with van der Waals surface area (Å²) in [4.78, 5) is 0. The Kier molecular flexibility index (Phi) is 15.5. The molecule has 110 valence electrons. The quantitative estimate of drug-likeness (QED) is 0.548. The SMILES string of the molecule is Cl.Oc1ccccc1.Oc1ccccc1.[C-]1=CC=CC1.[Ti]. The van der Waals surface area contributed by atoms with Crippen molar-refractivity contribution in [1.82, 2.24) is 0 Å². The molecular weight excluding hydrogens is 320 g/mol. The first-order valence-electron chi connectivity index (χ1n) is 5.99. The molecule has 0 aliphatic heterocycles. The summed E-state index contributed by atoms with van der Waals surface area (Å²) in [6.07, 6.45) is 10.0. The fourth-order valence-corrected chi connectivity index (χ4v) is 1.20. The van der Waals surface area contributed by atoms with Crippen molar-refractivity contribution < 1.29 is 31.9 Å². The molecule has 3 rings (SSSR count). The Bertz CT molecular complexity index is 451. The van der Waals surface area contributed by atoms with Crippen LogP contribution >= 0.6 is 12.4 Å². The number of aromatic hydroxyl groups is 2. The molecule has 2 nitrogen and oxygen atoms in total. The van der Waals surface area contributed by atoms with Gasteiger partial charge in [0.05, 0.1) is 0 Å². The van der Waals surface area contributed by atoms with Crippen LogP contribution in [0.3, 0.4) is 0 Å². The van der Waals surface area contributed by atoms with Gasteiger partial charge in [-0.2, -0.15) is 6.08 Å². The number of para-hydroxylation sites is 2. The van der Waals surface area contributed by atoms with Gasteiger partial charge in [0.25, 0.3) is 0 Å². The second kappa shape index (κ2) is 14.9. The van der Waals surface area contributed by atoms with Gasteiger partial charge in [-0.25, -0.2) is 12.2 Å². The van der Waals surface area contributed by atoms with Crippen LogP contribution in [0.1, 0.15) is 6.42 Å². The molecule has 0 heterocycles. The average Bonchev–Trinajstić information content (AvgIpc) is 3.00. The van der Waals surface area contributed by atoms with E-state index in [1.807, 2.05) is 24.3 Å². The van der Waals surface area contributed by atoms with Gasteiger partial charge in [0.1, 0.15) is 11.5 Å². The largest absolute Gasteiger partial charge is 0.508 e. The van der Waals surface area contributed by atoms with Crippen molar-refractivity contribution in [3.63, 3.8) is 0 Å². The van der Waals surface area contributed by atoms with Crippen molar-refractivity contribution in [3.05, 3.63) is 85.0 Å². The van der Waals surface area contributed by atoms with Crippen molar-refractivity contribution >= 4 is 12.4 Å². The van der Waals surface area contributed by atoms with Gasteiger partial charge in [0.2, 0.25) is 0 Å². The molecule has 2 N–H and O–H groups in total. The first-order chi connectivity index (χ1) is 9.29. The maximum atomic E-state index is 8.63. The predicted molar refractivity (Wildman–Crippen MR) is 85.0 cm³/mol. The zero-order valence-electron chi connectivity index (χ0n) is 11.5. The Morgan fingerprint density at radius 1 is 0.762 bits per heavy atom. The van der Waals surface area contributed by atoms with E-state index in [9.17, 15) is 0 Å². The van der Waals surface area contributed by atoms with E-state index in [1.165, 1.54) is 0 Å². The van der Waals surface area contributed by atoms with E-state index in [4.69, 9.17) is 10.2 Å². The predicted octanol–water partition coefficient (Wildman–Crippen LogP) is 4.51. The van der Waals surface area contributed by atoms with E-state index >= 15 is 0 Å². The molecule has 1 aliphatic rings. The van der Waals surface area contributed by atoms with Crippen LogP contribution in [0.15, 0.2) is 78.9 Å². The van der Waals surface area contributed by atoms with Gasteiger partial charge in [-0.15, -0.1) is 18.8 Å².